The van der Waals surface area contributed by atoms with Gasteiger partial charge in [-0.25, -0.2) is 0 Å². The van der Waals surface area contributed by atoms with E-state index in [1.807, 2.05) is 36.4 Å². The summed E-state index contributed by atoms with van der Waals surface area (Å²) in [5, 5.41) is 3.88. The number of carbonyl (C=O) groups is 2. The van der Waals surface area contributed by atoms with Gasteiger partial charge in [-0.05, 0) is 23.8 Å². The summed E-state index contributed by atoms with van der Waals surface area (Å²) in [6, 6.07) is 18.7. The van der Waals surface area contributed by atoms with Crippen molar-refractivity contribution in [3.05, 3.63) is 71.1 Å². The molecule has 1 aromatic heterocycles. The van der Waals surface area contributed by atoms with Crippen LogP contribution in [-0.2, 0) is 4.74 Å². The van der Waals surface area contributed by atoms with Crippen molar-refractivity contribution < 1.29 is 14.3 Å². The molecular formula is C22H21N3O3S. The molecule has 0 atom stereocenters. The number of thiophene rings is 1. The number of hydrogen-bond donors (Lipinski definition) is 2. The third kappa shape index (κ3) is 4.16. The highest BCUT2D eigenvalue weighted by Crippen LogP contribution is 2.39. The average molecular weight is 407 g/mol. The maximum atomic E-state index is 13.0. The normalized spacial score (nSPS) is 13.9. The van der Waals surface area contributed by atoms with Gasteiger partial charge < -0.3 is 20.7 Å². The molecule has 1 aliphatic heterocycles. The molecule has 0 unspecified atom stereocenters. The molecule has 1 fully saturated rings. The number of nitrogens with one attached hydrogen (secondary N) is 1. The molecule has 7 heteroatoms. The number of primary amides is 1. The fourth-order valence-electron chi connectivity index (χ4n) is 3.31. The standard InChI is InChI=1S/C22H21N3O3S/c23-20(26)16-8-4-5-9-18(16)24-21(27)19-14-17(15-6-2-1-3-7-15)22(29-19)25-10-12-28-13-11-25/h1-9,14H,10-13H2,(H2,23,26)(H,24,27). The maximum Gasteiger partial charge on any atom is 0.265 e. The first-order valence-corrected chi connectivity index (χ1v) is 10.2. The number of hydrogen-bond acceptors (Lipinski definition) is 5. The van der Waals surface area contributed by atoms with Crippen molar-refractivity contribution in [2.75, 3.05) is 36.5 Å². The Hall–Kier alpha value is -3.16. The summed E-state index contributed by atoms with van der Waals surface area (Å²) in [6.07, 6.45) is 0. The van der Waals surface area contributed by atoms with Crippen LogP contribution >= 0.6 is 11.3 Å². The zero-order chi connectivity index (χ0) is 20.2. The molecule has 0 saturated carbocycles. The van der Waals surface area contributed by atoms with Crippen LogP contribution in [0.2, 0.25) is 0 Å². The molecule has 148 valence electrons. The van der Waals surface area contributed by atoms with Gasteiger partial charge in [0.2, 0.25) is 0 Å². The molecule has 0 bridgehead atoms. The predicted octanol–water partition coefficient (Wildman–Crippen LogP) is 3.60. The number of ether oxygens (including phenoxy) is 1. The Labute approximate surface area is 172 Å². The van der Waals surface area contributed by atoms with Crippen molar-refractivity contribution in [3.8, 4) is 11.1 Å². The molecule has 29 heavy (non-hydrogen) atoms. The Morgan fingerprint density at radius 1 is 1.00 bits per heavy atom. The first-order valence-electron chi connectivity index (χ1n) is 9.35. The lowest BCUT2D eigenvalue weighted by atomic mass is 10.1. The van der Waals surface area contributed by atoms with E-state index in [0.717, 1.165) is 29.2 Å². The Morgan fingerprint density at radius 2 is 1.69 bits per heavy atom. The van der Waals surface area contributed by atoms with Crippen LogP contribution in [0.4, 0.5) is 10.7 Å². The smallest absolute Gasteiger partial charge is 0.265 e. The van der Waals surface area contributed by atoms with Gasteiger partial charge in [0.15, 0.2) is 0 Å². The van der Waals surface area contributed by atoms with E-state index in [1.54, 1.807) is 24.3 Å². The van der Waals surface area contributed by atoms with E-state index in [1.165, 1.54) is 11.3 Å². The second kappa shape index (κ2) is 8.46. The summed E-state index contributed by atoms with van der Waals surface area (Å²) >= 11 is 1.44. The fourth-order valence-corrected chi connectivity index (χ4v) is 4.44. The van der Waals surface area contributed by atoms with Crippen LogP contribution in [0.25, 0.3) is 11.1 Å². The van der Waals surface area contributed by atoms with Gasteiger partial charge >= 0.3 is 0 Å². The first kappa shape index (κ1) is 19.2. The minimum atomic E-state index is -0.578. The van der Waals surface area contributed by atoms with Gasteiger partial charge in [0, 0.05) is 18.7 Å². The summed E-state index contributed by atoms with van der Waals surface area (Å²) < 4.78 is 5.48. The number of nitrogens with two attached hydrogens (primary N) is 1. The summed E-state index contributed by atoms with van der Waals surface area (Å²) in [4.78, 5) is 27.4. The first-order chi connectivity index (χ1) is 14.1. The number of amides is 2. The predicted molar refractivity (Wildman–Crippen MR) is 116 cm³/mol. The van der Waals surface area contributed by atoms with E-state index < -0.39 is 5.91 Å². The zero-order valence-corrected chi connectivity index (χ0v) is 16.6. The third-order valence-corrected chi connectivity index (χ3v) is 5.95. The molecule has 1 aliphatic rings. The molecule has 6 nitrogen and oxygen atoms in total. The lowest BCUT2D eigenvalue weighted by Crippen LogP contribution is -2.35. The van der Waals surface area contributed by atoms with Crippen molar-refractivity contribution >= 4 is 33.8 Å². The lowest BCUT2D eigenvalue weighted by molar-refractivity contribution is 0.100. The third-order valence-electron chi connectivity index (χ3n) is 4.76. The average Bonchev–Trinajstić information content (AvgIpc) is 3.21. The fraction of sp³-hybridized carbons (Fsp3) is 0.182. The van der Waals surface area contributed by atoms with Crippen molar-refractivity contribution in [2.24, 2.45) is 5.73 Å². The maximum absolute atomic E-state index is 13.0. The van der Waals surface area contributed by atoms with Crippen LogP contribution in [0.3, 0.4) is 0 Å². The largest absolute Gasteiger partial charge is 0.378 e. The van der Waals surface area contributed by atoms with E-state index in [0.29, 0.717) is 23.8 Å². The Morgan fingerprint density at radius 3 is 2.41 bits per heavy atom. The van der Waals surface area contributed by atoms with E-state index in [2.05, 4.69) is 10.2 Å². The quantitative estimate of drug-likeness (QED) is 0.677. The topological polar surface area (TPSA) is 84.7 Å². The van der Waals surface area contributed by atoms with Crippen LogP contribution in [-0.4, -0.2) is 38.1 Å². The molecule has 0 radical (unpaired) electrons. The number of morpholine rings is 1. The van der Waals surface area contributed by atoms with Crippen molar-refractivity contribution in [2.45, 2.75) is 0 Å². The van der Waals surface area contributed by atoms with Gasteiger partial charge in [-0.15, -0.1) is 11.3 Å². The molecule has 2 aromatic carbocycles. The van der Waals surface area contributed by atoms with Gasteiger partial charge in [0.05, 0.1) is 34.3 Å². The molecule has 2 amide bonds. The SMILES string of the molecule is NC(=O)c1ccccc1NC(=O)c1cc(-c2ccccc2)c(N2CCOCC2)s1. The number of rotatable bonds is 5. The Balaban J connectivity index is 1.68. The van der Waals surface area contributed by atoms with E-state index in [-0.39, 0.29) is 11.5 Å². The van der Waals surface area contributed by atoms with Crippen molar-refractivity contribution in [3.63, 3.8) is 0 Å². The Bertz CT molecular complexity index is 1030. The highest BCUT2D eigenvalue weighted by Gasteiger charge is 2.22. The number of carbonyl (C=O) groups excluding carboxylic acids is 2. The van der Waals surface area contributed by atoms with Crippen molar-refractivity contribution in [1.82, 2.24) is 0 Å². The minimum Gasteiger partial charge on any atom is -0.378 e. The minimum absolute atomic E-state index is 0.264. The van der Waals surface area contributed by atoms with Gasteiger partial charge in [-0.3, -0.25) is 9.59 Å². The molecule has 3 N–H and O–H groups in total. The molecular weight excluding hydrogens is 386 g/mol. The van der Waals surface area contributed by atoms with Gasteiger partial charge in [-0.1, -0.05) is 42.5 Å². The summed E-state index contributed by atoms with van der Waals surface area (Å²) in [6.45, 7) is 2.90. The van der Waals surface area contributed by atoms with Crippen LogP contribution < -0.4 is 16.0 Å². The Kier molecular flexibility index (Phi) is 5.59. The van der Waals surface area contributed by atoms with Gasteiger partial charge in [-0.2, -0.15) is 0 Å². The van der Waals surface area contributed by atoms with E-state index >= 15 is 0 Å². The van der Waals surface area contributed by atoms with E-state index in [4.69, 9.17) is 10.5 Å². The van der Waals surface area contributed by atoms with Crippen LogP contribution in [0.5, 0.6) is 0 Å². The number of para-hydroxylation sites is 1. The van der Waals surface area contributed by atoms with Crippen LogP contribution in [0.1, 0.15) is 20.0 Å². The molecule has 0 aliphatic carbocycles. The molecule has 0 spiro atoms. The second-order valence-electron chi connectivity index (χ2n) is 6.66. The molecule has 3 aromatic rings. The molecule has 1 saturated heterocycles. The zero-order valence-electron chi connectivity index (χ0n) is 15.8. The monoisotopic (exact) mass is 407 g/mol. The molecule has 2 heterocycles. The number of nitrogens with zero attached hydrogens (tertiary/aromatic N) is 1. The van der Waals surface area contributed by atoms with E-state index in [9.17, 15) is 9.59 Å². The second-order valence-corrected chi connectivity index (χ2v) is 7.69. The summed E-state index contributed by atoms with van der Waals surface area (Å²) in [7, 11) is 0. The van der Waals surface area contributed by atoms with Crippen LogP contribution in [0, 0.1) is 0 Å². The molecule has 4 rings (SSSR count). The van der Waals surface area contributed by atoms with Gasteiger partial charge in [0.25, 0.3) is 11.8 Å². The summed E-state index contributed by atoms with van der Waals surface area (Å²) in [5.41, 5.74) is 8.20. The van der Waals surface area contributed by atoms with Gasteiger partial charge in [0.1, 0.15) is 0 Å². The van der Waals surface area contributed by atoms with Crippen molar-refractivity contribution in [1.29, 1.82) is 0 Å². The highest BCUT2D eigenvalue weighted by atomic mass is 32.1. The van der Waals surface area contributed by atoms with Crippen LogP contribution in [0.15, 0.2) is 60.7 Å². The highest BCUT2D eigenvalue weighted by molar-refractivity contribution is 7.18. The number of benzene rings is 2. The number of anilines is 2. The lowest BCUT2D eigenvalue weighted by Gasteiger charge is -2.28. The summed E-state index contributed by atoms with van der Waals surface area (Å²) in [5.74, 6) is -0.841.